The molecule has 0 fully saturated rings. The second-order valence-corrected chi connectivity index (χ2v) is 6.49. The molecule has 2 nitrogen and oxygen atoms in total. The Kier molecular flexibility index (Phi) is 5.55. The van der Waals surface area contributed by atoms with Crippen molar-refractivity contribution in [2.75, 3.05) is 7.05 Å². The van der Waals surface area contributed by atoms with Gasteiger partial charge in [-0.1, -0.05) is 53.0 Å². The van der Waals surface area contributed by atoms with Gasteiger partial charge in [-0.2, -0.15) is 0 Å². The standard InChI is InChI=1S/C15H11BrCl3NO/c1-20(8-9-4-2-7-12(17)13(9)18)15(21)10-5-3-6-11(16)14(10)19/h2-7H,8H2,1H3. The lowest BCUT2D eigenvalue weighted by Crippen LogP contribution is -2.26. The third-order valence-electron chi connectivity index (χ3n) is 2.97. The fourth-order valence-corrected chi connectivity index (χ4v) is 2.83. The predicted octanol–water partition coefficient (Wildman–Crippen LogP) is 5.68. The highest BCUT2D eigenvalue weighted by Gasteiger charge is 2.18. The zero-order valence-corrected chi connectivity index (χ0v) is 14.9. The lowest BCUT2D eigenvalue weighted by atomic mass is 10.1. The average molecular weight is 408 g/mol. The number of hydrogen-bond donors (Lipinski definition) is 0. The van der Waals surface area contributed by atoms with Crippen LogP contribution >= 0.6 is 50.7 Å². The van der Waals surface area contributed by atoms with E-state index in [1.54, 1.807) is 42.3 Å². The largest absolute Gasteiger partial charge is 0.337 e. The molecule has 2 rings (SSSR count). The van der Waals surface area contributed by atoms with Gasteiger partial charge in [-0.3, -0.25) is 4.79 Å². The quantitative estimate of drug-likeness (QED) is 0.641. The molecule has 6 heteroatoms. The molecule has 0 radical (unpaired) electrons. The molecule has 21 heavy (non-hydrogen) atoms. The normalized spacial score (nSPS) is 10.5. The van der Waals surface area contributed by atoms with Crippen molar-refractivity contribution >= 4 is 56.6 Å². The molecule has 0 aromatic heterocycles. The van der Waals surface area contributed by atoms with E-state index >= 15 is 0 Å². The van der Waals surface area contributed by atoms with Crippen molar-refractivity contribution in [3.63, 3.8) is 0 Å². The van der Waals surface area contributed by atoms with Crippen molar-refractivity contribution < 1.29 is 4.79 Å². The molecule has 2 aromatic carbocycles. The fraction of sp³-hybridized carbons (Fsp3) is 0.133. The third-order valence-corrected chi connectivity index (χ3v) is 5.12. The summed E-state index contributed by atoms with van der Waals surface area (Å²) in [5, 5.41) is 1.32. The van der Waals surface area contributed by atoms with Crippen molar-refractivity contribution in [1.29, 1.82) is 0 Å². The van der Waals surface area contributed by atoms with Gasteiger partial charge in [0, 0.05) is 18.1 Å². The Labute approximate surface area is 146 Å². The van der Waals surface area contributed by atoms with E-state index in [0.29, 0.717) is 31.6 Å². The number of benzene rings is 2. The van der Waals surface area contributed by atoms with E-state index in [4.69, 9.17) is 34.8 Å². The van der Waals surface area contributed by atoms with Gasteiger partial charge < -0.3 is 4.90 Å². The average Bonchev–Trinajstić information content (AvgIpc) is 2.46. The van der Waals surface area contributed by atoms with Gasteiger partial charge >= 0.3 is 0 Å². The summed E-state index contributed by atoms with van der Waals surface area (Å²) in [5.41, 5.74) is 1.22. The minimum atomic E-state index is -0.183. The molecule has 0 bridgehead atoms. The summed E-state index contributed by atoms with van der Waals surface area (Å²) in [7, 11) is 1.69. The summed E-state index contributed by atoms with van der Waals surface area (Å²) in [4.78, 5) is 14.0. The van der Waals surface area contributed by atoms with Gasteiger partial charge in [-0.25, -0.2) is 0 Å². The van der Waals surface area contributed by atoms with Gasteiger partial charge in [0.1, 0.15) is 0 Å². The summed E-state index contributed by atoms with van der Waals surface area (Å²) >= 11 is 21.6. The van der Waals surface area contributed by atoms with E-state index in [1.807, 2.05) is 6.07 Å². The second kappa shape index (κ2) is 7.01. The summed E-state index contributed by atoms with van der Waals surface area (Å²) < 4.78 is 0.684. The molecule has 0 saturated carbocycles. The first kappa shape index (κ1) is 16.6. The first-order valence-corrected chi connectivity index (χ1v) is 7.97. The number of hydrogen-bond acceptors (Lipinski definition) is 1. The van der Waals surface area contributed by atoms with Crippen LogP contribution in [-0.2, 0) is 6.54 Å². The molecule has 0 unspecified atom stereocenters. The monoisotopic (exact) mass is 405 g/mol. The van der Waals surface area contributed by atoms with Crippen LogP contribution in [0, 0.1) is 0 Å². The van der Waals surface area contributed by atoms with Gasteiger partial charge in [0.25, 0.3) is 5.91 Å². The Hall–Kier alpha value is -0.740. The van der Waals surface area contributed by atoms with Crippen molar-refractivity contribution in [3.05, 3.63) is 67.1 Å². The molecule has 2 aromatic rings. The maximum Gasteiger partial charge on any atom is 0.255 e. The fourth-order valence-electron chi connectivity index (χ4n) is 1.87. The zero-order chi connectivity index (χ0) is 15.6. The van der Waals surface area contributed by atoms with Gasteiger partial charge in [-0.15, -0.1) is 0 Å². The Bertz CT molecular complexity index is 691. The molecule has 0 saturated heterocycles. The van der Waals surface area contributed by atoms with Crippen LogP contribution in [0.15, 0.2) is 40.9 Å². The summed E-state index contributed by atoms with van der Waals surface area (Å²) in [6.45, 7) is 0.348. The van der Waals surface area contributed by atoms with Crippen LogP contribution in [-0.4, -0.2) is 17.9 Å². The first-order valence-electron chi connectivity index (χ1n) is 6.04. The predicted molar refractivity (Wildman–Crippen MR) is 91.4 cm³/mol. The molecule has 0 aliphatic carbocycles. The molecule has 0 aliphatic heterocycles. The number of halogens is 4. The van der Waals surface area contributed by atoms with Crippen molar-refractivity contribution in [2.45, 2.75) is 6.54 Å². The lowest BCUT2D eigenvalue weighted by molar-refractivity contribution is 0.0785. The van der Waals surface area contributed by atoms with Crippen LogP contribution in [0.4, 0.5) is 0 Å². The van der Waals surface area contributed by atoms with E-state index in [9.17, 15) is 4.79 Å². The van der Waals surface area contributed by atoms with Crippen molar-refractivity contribution in [2.24, 2.45) is 0 Å². The molecule has 110 valence electrons. The number of carbonyl (C=O) groups excluding carboxylic acids is 1. The van der Waals surface area contributed by atoms with Crippen LogP contribution in [0.5, 0.6) is 0 Å². The van der Waals surface area contributed by atoms with Crippen molar-refractivity contribution in [3.8, 4) is 0 Å². The van der Waals surface area contributed by atoms with Gasteiger partial charge in [0.15, 0.2) is 0 Å². The molecule has 0 spiro atoms. The SMILES string of the molecule is CN(Cc1cccc(Cl)c1Cl)C(=O)c1cccc(Br)c1Cl. The molecule has 0 atom stereocenters. The summed E-state index contributed by atoms with van der Waals surface area (Å²) in [6.07, 6.45) is 0. The lowest BCUT2D eigenvalue weighted by Gasteiger charge is -2.19. The highest BCUT2D eigenvalue weighted by molar-refractivity contribution is 9.10. The number of nitrogens with zero attached hydrogens (tertiary/aromatic N) is 1. The maximum atomic E-state index is 12.5. The molecular formula is C15H11BrCl3NO. The molecule has 0 heterocycles. The molecule has 0 aliphatic rings. The van der Waals surface area contributed by atoms with E-state index in [1.165, 1.54) is 0 Å². The maximum absolute atomic E-state index is 12.5. The van der Waals surface area contributed by atoms with Gasteiger partial charge in [-0.05, 0) is 39.7 Å². The van der Waals surface area contributed by atoms with Crippen LogP contribution < -0.4 is 0 Å². The zero-order valence-electron chi connectivity index (χ0n) is 11.0. The van der Waals surface area contributed by atoms with E-state index in [-0.39, 0.29) is 5.91 Å². The van der Waals surface area contributed by atoms with Gasteiger partial charge in [0.2, 0.25) is 0 Å². The highest BCUT2D eigenvalue weighted by Crippen LogP contribution is 2.29. The van der Waals surface area contributed by atoms with E-state index in [2.05, 4.69) is 15.9 Å². The van der Waals surface area contributed by atoms with Gasteiger partial charge in [0.05, 0.1) is 20.6 Å². The second-order valence-electron chi connectivity index (χ2n) is 4.48. The Morgan fingerprint density at radius 3 is 2.48 bits per heavy atom. The first-order chi connectivity index (χ1) is 9.91. The minimum Gasteiger partial charge on any atom is -0.337 e. The Morgan fingerprint density at radius 1 is 1.10 bits per heavy atom. The molecule has 0 N–H and O–H groups in total. The minimum absolute atomic E-state index is 0.183. The van der Waals surface area contributed by atoms with Crippen LogP contribution in [0.3, 0.4) is 0 Å². The Balaban J connectivity index is 2.24. The molecule has 1 amide bonds. The van der Waals surface area contributed by atoms with E-state index in [0.717, 1.165) is 5.56 Å². The Morgan fingerprint density at radius 2 is 1.76 bits per heavy atom. The third kappa shape index (κ3) is 3.72. The summed E-state index contributed by atoms with van der Waals surface area (Å²) in [5.74, 6) is -0.183. The smallest absolute Gasteiger partial charge is 0.255 e. The van der Waals surface area contributed by atoms with E-state index < -0.39 is 0 Å². The summed E-state index contributed by atoms with van der Waals surface area (Å²) in [6, 6.07) is 10.6. The van der Waals surface area contributed by atoms with Crippen LogP contribution in [0.1, 0.15) is 15.9 Å². The molecular weight excluding hydrogens is 396 g/mol. The van der Waals surface area contributed by atoms with Crippen LogP contribution in [0.25, 0.3) is 0 Å². The number of amides is 1. The van der Waals surface area contributed by atoms with Crippen molar-refractivity contribution in [1.82, 2.24) is 4.90 Å². The highest BCUT2D eigenvalue weighted by atomic mass is 79.9. The topological polar surface area (TPSA) is 20.3 Å². The van der Waals surface area contributed by atoms with Crippen LogP contribution in [0.2, 0.25) is 15.1 Å². The number of rotatable bonds is 3. The number of carbonyl (C=O) groups is 1.